The first-order valence-corrected chi connectivity index (χ1v) is 11.5. The summed E-state index contributed by atoms with van der Waals surface area (Å²) in [4.78, 5) is 14.2. The zero-order chi connectivity index (χ0) is 21.8. The van der Waals surface area contributed by atoms with Gasteiger partial charge in [-0.25, -0.2) is 17.9 Å². The number of para-hydroxylation sites is 1. The zero-order valence-electron chi connectivity index (χ0n) is 17.6. The molecule has 0 unspecified atom stereocenters. The van der Waals surface area contributed by atoms with E-state index in [1.807, 2.05) is 30.3 Å². The maximum atomic E-state index is 12.5. The molecule has 0 bridgehead atoms. The van der Waals surface area contributed by atoms with Crippen molar-refractivity contribution in [3.63, 3.8) is 0 Å². The number of hydrogen-bond donors (Lipinski definition) is 2. The number of rotatable bonds is 5. The van der Waals surface area contributed by atoms with Crippen molar-refractivity contribution in [3.8, 4) is 11.5 Å². The van der Waals surface area contributed by atoms with Crippen LogP contribution in [-0.2, 0) is 10.0 Å². The third-order valence-corrected chi connectivity index (χ3v) is 7.25. The quantitative estimate of drug-likeness (QED) is 0.743. The molecule has 3 rings (SSSR count). The van der Waals surface area contributed by atoms with Gasteiger partial charge in [0.2, 0.25) is 10.0 Å². The predicted octanol–water partition coefficient (Wildman–Crippen LogP) is 4.19. The van der Waals surface area contributed by atoms with Crippen molar-refractivity contribution in [3.05, 3.63) is 54.6 Å². The van der Waals surface area contributed by atoms with Gasteiger partial charge in [-0.05, 0) is 70.0 Å². The van der Waals surface area contributed by atoms with E-state index in [0.29, 0.717) is 37.4 Å². The van der Waals surface area contributed by atoms with Crippen LogP contribution in [-0.4, -0.2) is 43.2 Å². The van der Waals surface area contributed by atoms with Crippen LogP contribution in [0.1, 0.15) is 33.6 Å². The van der Waals surface area contributed by atoms with Gasteiger partial charge in [0.25, 0.3) is 0 Å². The van der Waals surface area contributed by atoms with E-state index in [1.165, 1.54) is 0 Å². The van der Waals surface area contributed by atoms with E-state index in [4.69, 9.17) is 4.74 Å². The summed E-state index contributed by atoms with van der Waals surface area (Å²) >= 11 is 0. The molecular weight excluding hydrogens is 402 g/mol. The fourth-order valence-electron chi connectivity index (χ4n) is 3.03. The van der Waals surface area contributed by atoms with Crippen molar-refractivity contribution in [1.29, 1.82) is 0 Å². The number of ether oxygens (including phenoxy) is 1. The number of piperidine rings is 1. The van der Waals surface area contributed by atoms with E-state index in [1.54, 1.807) is 49.9 Å². The first-order chi connectivity index (χ1) is 14.1. The number of sulfonamides is 1. The molecule has 2 N–H and O–H groups in total. The molecule has 30 heavy (non-hydrogen) atoms. The molecule has 0 aliphatic carbocycles. The molecular formula is C22H29N3O4S. The highest BCUT2D eigenvalue weighted by Crippen LogP contribution is 2.23. The molecule has 0 saturated carbocycles. The van der Waals surface area contributed by atoms with Gasteiger partial charge < -0.3 is 15.0 Å². The summed E-state index contributed by atoms with van der Waals surface area (Å²) in [6.45, 7) is 6.02. The van der Waals surface area contributed by atoms with Gasteiger partial charge >= 0.3 is 6.03 Å². The molecule has 7 nitrogen and oxygen atoms in total. The summed E-state index contributed by atoms with van der Waals surface area (Å²) in [5, 5.41) is 2.88. The fraction of sp³-hybridized carbons (Fsp3) is 0.409. The number of carbonyl (C=O) groups is 1. The van der Waals surface area contributed by atoms with Crippen LogP contribution in [0.3, 0.4) is 0 Å². The Morgan fingerprint density at radius 1 is 0.967 bits per heavy atom. The molecule has 1 saturated heterocycles. The molecule has 0 radical (unpaired) electrons. The summed E-state index contributed by atoms with van der Waals surface area (Å²) < 4.78 is 32.3. The molecule has 0 spiro atoms. The minimum atomic E-state index is -3.39. The van der Waals surface area contributed by atoms with Crippen molar-refractivity contribution in [2.24, 2.45) is 0 Å². The lowest BCUT2D eigenvalue weighted by Crippen LogP contribution is -2.50. The van der Waals surface area contributed by atoms with E-state index < -0.39 is 14.8 Å². The largest absolute Gasteiger partial charge is 0.457 e. The smallest absolute Gasteiger partial charge is 0.321 e. The number of nitrogens with one attached hydrogen (secondary N) is 2. The monoisotopic (exact) mass is 431 g/mol. The molecule has 1 fully saturated rings. The first-order valence-electron chi connectivity index (χ1n) is 10.0. The highest BCUT2D eigenvalue weighted by Gasteiger charge is 2.33. The summed E-state index contributed by atoms with van der Waals surface area (Å²) in [5.74, 6) is 1.44. The average molecular weight is 432 g/mol. The molecule has 1 aliphatic rings. The molecule has 2 amide bonds. The minimum absolute atomic E-state index is 0.146. The zero-order valence-corrected chi connectivity index (χ0v) is 18.4. The van der Waals surface area contributed by atoms with E-state index >= 15 is 0 Å². The highest BCUT2D eigenvalue weighted by atomic mass is 32.2. The summed E-state index contributed by atoms with van der Waals surface area (Å²) in [5.41, 5.74) is 0.677. The van der Waals surface area contributed by atoms with Gasteiger partial charge in [-0.15, -0.1) is 0 Å². The molecule has 1 heterocycles. The Balaban J connectivity index is 1.49. The molecule has 8 heteroatoms. The lowest BCUT2D eigenvalue weighted by atomic mass is 10.1. The second-order valence-electron chi connectivity index (χ2n) is 8.36. The number of carbonyl (C=O) groups excluding carboxylic acids is 1. The minimum Gasteiger partial charge on any atom is -0.457 e. The number of amides is 2. The number of benzene rings is 2. The van der Waals surface area contributed by atoms with Gasteiger partial charge in [0.1, 0.15) is 11.5 Å². The molecule has 162 valence electrons. The predicted molar refractivity (Wildman–Crippen MR) is 118 cm³/mol. The highest BCUT2D eigenvalue weighted by molar-refractivity contribution is 7.90. The van der Waals surface area contributed by atoms with Gasteiger partial charge in [0.05, 0.1) is 4.75 Å². The van der Waals surface area contributed by atoms with Gasteiger partial charge in [0.15, 0.2) is 0 Å². The van der Waals surface area contributed by atoms with Crippen molar-refractivity contribution in [1.82, 2.24) is 9.62 Å². The Bertz CT molecular complexity index is 946. The third kappa shape index (κ3) is 5.73. The van der Waals surface area contributed by atoms with E-state index in [-0.39, 0.29) is 12.1 Å². The van der Waals surface area contributed by atoms with Crippen LogP contribution in [0, 0.1) is 0 Å². The summed E-state index contributed by atoms with van der Waals surface area (Å²) in [7, 11) is -3.39. The Morgan fingerprint density at radius 2 is 1.53 bits per heavy atom. The van der Waals surface area contributed by atoms with Crippen LogP contribution < -0.4 is 14.8 Å². The van der Waals surface area contributed by atoms with Gasteiger partial charge in [0, 0.05) is 24.8 Å². The second kappa shape index (κ2) is 9.06. The first kappa shape index (κ1) is 22.1. The van der Waals surface area contributed by atoms with Crippen molar-refractivity contribution in [2.45, 2.75) is 44.4 Å². The Kier molecular flexibility index (Phi) is 6.67. The number of likely N-dealkylation sites (tertiary alicyclic amines) is 1. The van der Waals surface area contributed by atoms with Crippen LogP contribution in [0.5, 0.6) is 11.5 Å². The lowest BCUT2D eigenvalue weighted by molar-refractivity contribution is 0.193. The van der Waals surface area contributed by atoms with Crippen LogP contribution >= 0.6 is 0 Å². The van der Waals surface area contributed by atoms with Gasteiger partial charge in [-0.3, -0.25) is 0 Å². The molecule has 1 aliphatic heterocycles. The summed E-state index contributed by atoms with van der Waals surface area (Å²) in [6, 6.07) is 16.3. The third-order valence-electron chi connectivity index (χ3n) is 4.99. The number of nitrogens with zero attached hydrogens (tertiary/aromatic N) is 1. The normalized spacial score (nSPS) is 15.6. The average Bonchev–Trinajstić information content (AvgIpc) is 2.70. The SMILES string of the molecule is CC(C)(C)S(=O)(=O)NC1CCN(C(=O)Nc2ccc(Oc3ccccc3)cc2)CC1. The molecule has 2 aromatic carbocycles. The van der Waals surface area contributed by atoms with E-state index in [0.717, 1.165) is 5.75 Å². The maximum Gasteiger partial charge on any atom is 0.321 e. The van der Waals surface area contributed by atoms with Crippen molar-refractivity contribution < 1.29 is 17.9 Å². The summed E-state index contributed by atoms with van der Waals surface area (Å²) in [6.07, 6.45) is 1.18. The maximum absolute atomic E-state index is 12.5. The number of anilines is 1. The second-order valence-corrected chi connectivity index (χ2v) is 10.8. The fourth-order valence-corrected chi connectivity index (χ4v) is 4.06. The number of hydrogen-bond acceptors (Lipinski definition) is 4. The van der Waals surface area contributed by atoms with Gasteiger partial charge in [-0.2, -0.15) is 0 Å². The topological polar surface area (TPSA) is 87.7 Å². The lowest BCUT2D eigenvalue weighted by Gasteiger charge is -2.33. The van der Waals surface area contributed by atoms with Crippen LogP contribution in [0.25, 0.3) is 0 Å². The number of urea groups is 1. The van der Waals surface area contributed by atoms with Crippen LogP contribution in [0.15, 0.2) is 54.6 Å². The Hall–Kier alpha value is -2.58. The molecule has 0 atom stereocenters. The molecule has 0 aromatic heterocycles. The van der Waals surface area contributed by atoms with Crippen LogP contribution in [0.2, 0.25) is 0 Å². The Morgan fingerprint density at radius 3 is 2.10 bits per heavy atom. The molecule has 2 aromatic rings. The van der Waals surface area contributed by atoms with E-state index in [2.05, 4.69) is 10.0 Å². The Labute approximate surface area is 178 Å². The van der Waals surface area contributed by atoms with Crippen molar-refractivity contribution in [2.75, 3.05) is 18.4 Å². The van der Waals surface area contributed by atoms with Crippen molar-refractivity contribution >= 4 is 21.7 Å². The standard InChI is InChI=1S/C22H29N3O4S/c1-22(2,3)30(27,28)24-18-13-15-25(16-14-18)21(26)23-17-9-11-20(12-10-17)29-19-7-5-4-6-8-19/h4-12,18,24H,13-16H2,1-3H3,(H,23,26). The van der Waals surface area contributed by atoms with E-state index in [9.17, 15) is 13.2 Å². The van der Waals surface area contributed by atoms with Gasteiger partial charge in [-0.1, -0.05) is 18.2 Å². The van der Waals surface area contributed by atoms with Crippen LogP contribution in [0.4, 0.5) is 10.5 Å².